The van der Waals surface area contributed by atoms with Gasteiger partial charge in [0, 0.05) is 11.8 Å². The molecular weight excluding hydrogens is 324 g/mol. The first-order valence-corrected chi connectivity index (χ1v) is 7.67. The number of aliphatic carboxylic acids is 1. The van der Waals surface area contributed by atoms with Gasteiger partial charge in [-0.2, -0.15) is 0 Å². The normalized spacial score (nSPS) is 12.3. The number of nitro benzene ring substituents is 1. The van der Waals surface area contributed by atoms with Crippen LogP contribution in [-0.2, 0) is 9.53 Å². The Kier molecular flexibility index (Phi) is 6.38. The van der Waals surface area contributed by atoms with E-state index in [1.54, 1.807) is 26.8 Å². The van der Waals surface area contributed by atoms with E-state index in [1.165, 1.54) is 18.2 Å². The molecule has 126 valence electrons. The number of nitrogens with one attached hydrogen (secondary N) is 1. The molecule has 8 nitrogen and oxygen atoms in total. The smallest absolute Gasteiger partial charge is 0.408 e. The minimum atomic E-state index is -1.25. The second-order valence-electron chi connectivity index (χ2n) is 5.57. The highest BCUT2D eigenvalue weighted by Crippen LogP contribution is 2.29. The van der Waals surface area contributed by atoms with Gasteiger partial charge in [0.2, 0.25) is 0 Å². The van der Waals surface area contributed by atoms with Gasteiger partial charge in [-0.25, -0.2) is 9.59 Å². The molecule has 0 heterocycles. The predicted molar refractivity (Wildman–Crippen MR) is 84.6 cm³/mol. The van der Waals surface area contributed by atoms with E-state index >= 15 is 0 Å². The molecular formula is C14H18N2O6S. The number of carboxylic acid groups (broad SMARTS) is 1. The van der Waals surface area contributed by atoms with E-state index in [4.69, 9.17) is 9.84 Å². The van der Waals surface area contributed by atoms with Crippen molar-refractivity contribution in [2.45, 2.75) is 37.3 Å². The van der Waals surface area contributed by atoms with Crippen LogP contribution in [0.15, 0.2) is 29.2 Å². The van der Waals surface area contributed by atoms with Crippen molar-refractivity contribution in [3.05, 3.63) is 34.4 Å². The van der Waals surface area contributed by atoms with Crippen LogP contribution in [0.3, 0.4) is 0 Å². The van der Waals surface area contributed by atoms with Gasteiger partial charge >= 0.3 is 12.1 Å². The lowest BCUT2D eigenvalue weighted by molar-refractivity contribution is -0.387. The minimum Gasteiger partial charge on any atom is -0.480 e. The molecule has 9 heteroatoms. The molecule has 0 bridgehead atoms. The van der Waals surface area contributed by atoms with E-state index in [2.05, 4.69) is 5.32 Å². The summed E-state index contributed by atoms with van der Waals surface area (Å²) in [5.74, 6) is -1.32. The maximum Gasteiger partial charge on any atom is 0.408 e. The van der Waals surface area contributed by atoms with E-state index < -0.39 is 28.6 Å². The first kappa shape index (κ1) is 18.8. The fourth-order valence-corrected chi connectivity index (χ4v) is 2.57. The fraction of sp³-hybridized carbons (Fsp3) is 0.429. The van der Waals surface area contributed by atoms with Gasteiger partial charge in [0.25, 0.3) is 5.69 Å². The van der Waals surface area contributed by atoms with Crippen LogP contribution >= 0.6 is 11.8 Å². The van der Waals surface area contributed by atoms with Crippen molar-refractivity contribution >= 4 is 29.5 Å². The van der Waals surface area contributed by atoms with E-state index in [-0.39, 0.29) is 11.4 Å². The number of amides is 1. The van der Waals surface area contributed by atoms with Crippen molar-refractivity contribution in [2.24, 2.45) is 0 Å². The van der Waals surface area contributed by atoms with Gasteiger partial charge in [0.1, 0.15) is 11.6 Å². The summed E-state index contributed by atoms with van der Waals surface area (Å²) in [6.07, 6.45) is -0.854. The van der Waals surface area contributed by atoms with Crippen molar-refractivity contribution in [1.29, 1.82) is 0 Å². The van der Waals surface area contributed by atoms with Gasteiger partial charge in [-0.05, 0) is 26.8 Å². The van der Waals surface area contributed by atoms with Crippen LogP contribution < -0.4 is 5.32 Å². The third-order valence-electron chi connectivity index (χ3n) is 2.46. The molecule has 1 amide bonds. The van der Waals surface area contributed by atoms with Crippen LogP contribution in [0.5, 0.6) is 0 Å². The predicted octanol–water partition coefficient (Wildman–Crippen LogP) is 2.66. The third-order valence-corrected chi connectivity index (χ3v) is 3.61. The van der Waals surface area contributed by atoms with Crippen molar-refractivity contribution in [3.8, 4) is 0 Å². The Bertz CT molecular complexity index is 599. The van der Waals surface area contributed by atoms with Crippen molar-refractivity contribution in [3.63, 3.8) is 0 Å². The van der Waals surface area contributed by atoms with Crippen LogP contribution in [0.1, 0.15) is 20.8 Å². The lowest BCUT2D eigenvalue weighted by Gasteiger charge is -2.21. The number of hydrogen-bond acceptors (Lipinski definition) is 6. The largest absolute Gasteiger partial charge is 0.480 e. The summed E-state index contributed by atoms with van der Waals surface area (Å²) in [6.45, 7) is 4.97. The van der Waals surface area contributed by atoms with Crippen molar-refractivity contribution < 1.29 is 24.4 Å². The first-order chi connectivity index (χ1) is 10.6. The van der Waals surface area contributed by atoms with Gasteiger partial charge in [0.15, 0.2) is 0 Å². The number of para-hydroxylation sites is 1. The SMILES string of the molecule is CC(C)(C)OC(=O)N[C@H](CSc1ccccc1[N+](=O)[O-])C(=O)O. The average Bonchev–Trinajstić information content (AvgIpc) is 2.41. The summed E-state index contributed by atoms with van der Waals surface area (Å²) in [5, 5.41) is 22.3. The number of nitro groups is 1. The molecule has 0 radical (unpaired) electrons. The third kappa shape index (κ3) is 6.55. The molecule has 1 aromatic carbocycles. The van der Waals surface area contributed by atoms with E-state index in [0.29, 0.717) is 4.90 Å². The number of rotatable bonds is 6. The van der Waals surface area contributed by atoms with Crippen LogP contribution in [0.4, 0.5) is 10.5 Å². The fourth-order valence-electron chi connectivity index (χ4n) is 1.53. The summed E-state index contributed by atoms with van der Waals surface area (Å²) >= 11 is 0.979. The number of hydrogen-bond donors (Lipinski definition) is 2. The van der Waals surface area contributed by atoms with Crippen LogP contribution in [0, 0.1) is 10.1 Å². The number of carbonyl (C=O) groups is 2. The second-order valence-corrected chi connectivity index (χ2v) is 6.63. The number of nitrogens with zero attached hydrogens (tertiary/aromatic N) is 1. The molecule has 0 aliphatic heterocycles. The van der Waals surface area contributed by atoms with Gasteiger partial charge in [-0.3, -0.25) is 10.1 Å². The Morgan fingerprint density at radius 3 is 2.52 bits per heavy atom. The minimum absolute atomic E-state index is 0.0700. The van der Waals surface area contributed by atoms with Crippen LogP contribution in [-0.4, -0.2) is 39.5 Å². The molecule has 0 fully saturated rings. The molecule has 0 aliphatic rings. The summed E-state index contributed by atoms with van der Waals surface area (Å²) in [5.41, 5.74) is -0.864. The van der Waals surface area contributed by atoms with Gasteiger partial charge < -0.3 is 15.2 Å². The van der Waals surface area contributed by atoms with Crippen LogP contribution in [0.2, 0.25) is 0 Å². The molecule has 0 saturated heterocycles. The molecule has 2 N–H and O–H groups in total. The topological polar surface area (TPSA) is 119 Å². The Labute approximate surface area is 137 Å². The molecule has 23 heavy (non-hydrogen) atoms. The van der Waals surface area contributed by atoms with Crippen LogP contribution in [0.25, 0.3) is 0 Å². The molecule has 0 aliphatic carbocycles. The summed E-state index contributed by atoms with van der Waals surface area (Å²) in [7, 11) is 0. The molecule has 1 rings (SSSR count). The number of alkyl carbamates (subject to hydrolysis) is 1. The number of ether oxygens (including phenoxy) is 1. The first-order valence-electron chi connectivity index (χ1n) is 6.68. The quantitative estimate of drug-likeness (QED) is 0.463. The second kappa shape index (κ2) is 7.82. The van der Waals surface area contributed by atoms with Gasteiger partial charge in [0.05, 0.1) is 9.82 Å². The average molecular weight is 342 g/mol. The van der Waals surface area contributed by atoms with E-state index in [9.17, 15) is 19.7 Å². The maximum absolute atomic E-state index is 11.6. The summed E-state index contributed by atoms with van der Waals surface area (Å²) in [6, 6.07) is 4.77. The van der Waals surface area contributed by atoms with E-state index in [0.717, 1.165) is 11.8 Å². The van der Waals surface area contributed by atoms with Crippen molar-refractivity contribution in [2.75, 3.05) is 5.75 Å². The number of benzene rings is 1. The highest BCUT2D eigenvalue weighted by atomic mass is 32.2. The lowest BCUT2D eigenvalue weighted by Crippen LogP contribution is -2.44. The van der Waals surface area contributed by atoms with E-state index in [1.807, 2.05) is 0 Å². The van der Waals surface area contributed by atoms with Crippen molar-refractivity contribution in [1.82, 2.24) is 5.32 Å². The maximum atomic E-state index is 11.6. The van der Waals surface area contributed by atoms with Gasteiger partial charge in [-0.1, -0.05) is 12.1 Å². The zero-order valence-electron chi connectivity index (χ0n) is 12.9. The molecule has 0 saturated carbocycles. The summed E-state index contributed by atoms with van der Waals surface area (Å²) in [4.78, 5) is 33.6. The zero-order chi connectivity index (χ0) is 17.6. The van der Waals surface area contributed by atoms with Gasteiger partial charge in [-0.15, -0.1) is 11.8 Å². The standard InChI is InChI=1S/C14H18N2O6S/c1-14(2,3)22-13(19)15-9(12(17)18)8-23-11-7-5-4-6-10(11)16(20)21/h4-7,9H,8H2,1-3H3,(H,15,19)(H,17,18)/t9-/m1/s1. The highest BCUT2D eigenvalue weighted by Gasteiger charge is 2.25. The number of carbonyl (C=O) groups excluding carboxylic acids is 1. The zero-order valence-corrected chi connectivity index (χ0v) is 13.8. The molecule has 0 unspecified atom stereocenters. The Balaban J connectivity index is 2.73. The lowest BCUT2D eigenvalue weighted by atomic mass is 10.2. The molecule has 1 aromatic rings. The Morgan fingerprint density at radius 1 is 1.39 bits per heavy atom. The molecule has 0 aromatic heterocycles. The Hall–Kier alpha value is -2.29. The number of carboxylic acids is 1. The summed E-state index contributed by atoms with van der Waals surface area (Å²) < 4.78 is 5.00. The Morgan fingerprint density at radius 2 is 2.00 bits per heavy atom. The molecule has 0 spiro atoms. The number of thioether (sulfide) groups is 1. The molecule has 1 atom stereocenters. The monoisotopic (exact) mass is 342 g/mol. The highest BCUT2D eigenvalue weighted by molar-refractivity contribution is 7.99.